The van der Waals surface area contributed by atoms with Crippen molar-refractivity contribution >= 4 is 12.1 Å². The van der Waals surface area contributed by atoms with E-state index in [2.05, 4.69) is 10.3 Å². The molecule has 1 aromatic carbocycles. The van der Waals surface area contributed by atoms with E-state index in [0.717, 1.165) is 5.56 Å². The van der Waals surface area contributed by atoms with E-state index in [4.69, 9.17) is 4.74 Å². The number of hydrogen-bond acceptors (Lipinski definition) is 5. The summed E-state index contributed by atoms with van der Waals surface area (Å²) in [6.45, 7) is -0.00130. The number of nitrogens with zero attached hydrogens (tertiary/aromatic N) is 1. The SMILES string of the molecule is O=C(NC(C(=O)O)C(O)c1ccccn1)OCc1ccccc1. The number of carbonyl (C=O) groups excluding carboxylic acids is 1. The maximum absolute atomic E-state index is 11.7. The Labute approximate surface area is 132 Å². The topological polar surface area (TPSA) is 109 Å². The summed E-state index contributed by atoms with van der Waals surface area (Å²) in [6.07, 6.45) is -1.00. The first kappa shape index (κ1) is 16.4. The number of hydrogen-bond donors (Lipinski definition) is 3. The summed E-state index contributed by atoms with van der Waals surface area (Å²) in [5, 5.41) is 21.4. The minimum Gasteiger partial charge on any atom is -0.480 e. The first-order chi connectivity index (χ1) is 11.1. The molecule has 3 N–H and O–H groups in total. The third-order valence-corrected chi connectivity index (χ3v) is 3.06. The summed E-state index contributed by atoms with van der Waals surface area (Å²) in [5.41, 5.74) is 0.906. The number of carbonyl (C=O) groups is 2. The van der Waals surface area contributed by atoms with Crippen molar-refractivity contribution in [2.24, 2.45) is 0 Å². The summed E-state index contributed by atoms with van der Waals surface area (Å²) in [6, 6.07) is 12.1. The van der Waals surface area contributed by atoms with Gasteiger partial charge in [-0.15, -0.1) is 0 Å². The van der Waals surface area contributed by atoms with Crippen LogP contribution in [0.5, 0.6) is 0 Å². The van der Waals surface area contributed by atoms with Crippen LogP contribution in [0.25, 0.3) is 0 Å². The highest BCUT2D eigenvalue weighted by atomic mass is 16.5. The molecule has 23 heavy (non-hydrogen) atoms. The normalized spacial score (nSPS) is 12.9. The van der Waals surface area contributed by atoms with Crippen molar-refractivity contribution in [3.05, 3.63) is 66.0 Å². The van der Waals surface area contributed by atoms with E-state index >= 15 is 0 Å². The standard InChI is InChI=1S/C16H16N2O5/c19-14(12-8-4-5-9-17-12)13(15(20)21)18-16(22)23-10-11-6-2-1-3-7-11/h1-9,13-14,19H,10H2,(H,18,22)(H,20,21). The molecule has 2 atom stereocenters. The fraction of sp³-hybridized carbons (Fsp3) is 0.188. The minimum absolute atomic E-state index is 0.00130. The second kappa shape index (κ2) is 7.90. The van der Waals surface area contributed by atoms with Crippen LogP contribution in [-0.2, 0) is 16.1 Å². The lowest BCUT2D eigenvalue weighted by Gasteiger charge is -2.19. The summed E-state index contributed by atoms with van der Waals surface area (Å²) >= 11 is 0. The lowest BCUT2D eigenvalue weighted by atomic mass is 10.1. The molecular weight excluding hydrogens is 300 g/mol. The zero-order valence-electron chi connectivity index (χ0n) is 12.1. The molecule has 0 spiro atoms. The number of nitrogens with one attached hydrogen (secondary N) is 1. The lowest BCUT2D eigenvalue weighted by molar-refractivity contribution is -0.142. The number of ether oxygens (including phenoxy) is 1. The van der Waals surface area contributed by atoms with Gasteiger partial charge in [0.1, 0.15) is 12.7 Å². The molecular formula is C16H16N2O5. The predicted molar refractivity (Wildman–Crippen MR) is 80.4 cm³/mol. The summed E-state index contributed by atoms with van der Waals surface area (Å²) in [4.78, 5) is 26.9. The zero-order chi connectivity index (χ0) is 16.7. The van der Waals surface area contributed by atoms with Crippen LogP contribution in [0.3, 0.4) is 0 Å². The van der Waals surface area contributed by atoms with Crippen LogP contribution in [0.4, 0.5) is 4.79 Å². The fourth-order valence-electron chi connectivity index (χ4n) is 1.89. The Morgan fingerprint density at radius 1 is 1.13 bits per heavy atom. The highest BCUT2D eigenvalue weighted by molar-refractivity contribution is 5.80. The van der Waals surface area contributed by atoms with Crippen LogP contribution in [0.2, 0.25) is 0 Å². The van der Waals surface area contributed by atoms with Crippen LogP contribution in [0, 0.1) is 0 Å². The number of aliphatic carboxylic acids is 1. The molecule has 0 saturated carbocycles. The average Bonchev–Trinajstić information content (AvgIpc) is 2.58. The van der Waals surface area contributed by atoms with Crippen LogP contribution < -0.4 is 5.32 Å². The largest absolute Gasteiger partial charge is 0.480 e. The van der Waals surface area contributed by atoms with Gasteiger partial charge in [-0.25, -0.2) is 9.59 Å². The van der Waals surface area contributed by atoms with Gasteiger partial charge in [-0.3, -0.25) is 4.98 Å². The van der Waals surface area contributed by atoms with Gasteiger partial charge < -0.3 is 20.3 Å². The Morgan fingerprint density at radius 3 is 2.43 bits per heavy atom. The highest BCUT2D eigenvalue weighted by Gasteiger charge is 2.30. The van der Waals surface area contributed by atoms with Crippen molar-refractivity contribution in [2.45, 2.75) is 18.8 Å². The van der Waals surface area contributed by atoms with Crippen LogP contribution >= 0.6 is 0 Å². The summed E-state index contributed by atoms with van der Waals surface area (Å²) in [5.74, 6) is -1.39. The molecule has 2 rings (SSSR count). The van der Waals surface area contributed by atoms with E-state index in [1.54, 1.807) is 36.4 Å². The molecule has 7 nitrogen and oxygen atoms in total. The van der Waals surface area contributed by atoms with Crippen molar-refractivity contribution in [1.82, 2.24) is 10.3 Å². The molecule has 0 fully saturated rings. The molecule has 1 heterocycles. The Morgan fingerprint density at radius 2 is 1.83 bits per heavy atom. The van der Waals surface area contributed by atoms with E-state index in [9.17, 15) is 19.8 Å². The Balaban J connectivity index is 1.96. The smallest absolute Gasteiger partial charge is 0.408 e. The molecule has 7 heteroatoms. The summed E-state index contributed by atoms with van der Waals surface area (Å²) < 4.78 is 4.95. The number of alkyl carbamates (subject to hydrolysis) is 1. The van der Waals surface area contributed by atoms with Gasteiger partial charge in [0.2, 0.25) is 0 Å². The number of aliphatic hydroxyl groups excluding tert-OH is 1. The van der Waals surface area contributed by atoms with Gasteiger partial charge >= 0.3 is 12.1 Å². The number of aliphatic hydroxyl groups is 1. The highest BCUT2D eigenvalue weighted by Crippen LogP contribution is 2.14. The molecule has 0 aliphatic heterocycles. The van der Waals surface area contributed by atoms with Crippen molar-refractivity contribution in [2.75, 3.05) is 0 Å². The Kier molecular flexibility index (Phi) is 5.65. The average molecular weight is 316 g/mol. The molecule has 0 aliphatic rings. The second-order valence-corrected chi connectivity index (χ2v) is 4.72. The molecule has 2 unspecified atom stereocenters. The number of amides is 1. The number of carboxylic acid groups (broad SMARTS) is 1. The molecule has 0 radical (unpaired) electrons. The van der Waals surface area contributed by atoms with Gasteiger partial charge in [0, 0.05) is 6.20 Å². The van der Waals surface area contributed by atoms with Crippen molar-refractivity contribution in [3.63, 3.8) is 0 Å². The van der Waals surface area contributed by atoms with Gasteiger partial charge in [0.25, 0.3) is 0 Å². The third kappa shape index (κ3) is 4.79. The van der Waals surface area contributed by atoms with E-state index in [0.29, 0.717) is 0 Å². The maximum Gasteiger partial charge on any atom is 0.408 e. The predicted octanol–water partition coefficient (Wildman–Crippen LogP) is 1.49. The third-order valence-electron chi connectivity index (χ3n) is 3.06. The molecule has 0 saturated heterocycles. The Bertz CT molecular complexity index is 648. The van der Waals surface area contributed by atoms with Crippen LogP contribution in [0.15, 0.2) is 54.7 Å². The molecule has 0 aliphatic carbocycles. The molecule has 0 bridgehead atoms. The van der Waals surface area contributed by atoms with Crippen molar-refractivity contribution in [3.8, 4) is 0 Å². The minimum atomic E-state index is -1.56. The number of benzene rings is 1. The van der Waals surface area contributed by atoms with Crippen molar-refractivity contribution < 1.29 is 24.5 Å². The first-order valence-corrected chi connectivity index (χ1v) is 6.87. The molecule has 1 aromatic heterocycles. The number of rotatable bonds is 6. The Hall–Kier alpha value is -2.93. The number of carboxylic acids is 1. The number of aromatic nitrogens is 1. The number of pyridine rings is 1. The fourth-order valence-corrected chi connectivity index (χ4v) is 1.89. The molecule has 1 amide bonds. The van der Waals surface area contributed by atoms with E-state index in [-0.39, 0.29) is 12.3 Å². The molecule has 2 aromatic rings. The second-order valence-electron chi connectivity index (χ2n) is 4.72. The molecule has 120 valence electrons. The van der Waals surface area contributed by atoms with Gasteiger partial charge in [-0.2, -0.15) is 0 Å². The van der Waals surface area contributed by atoms with E-state index in [1.807, 2.05) is 6.07 Å². The van der Waals surface area contributed by atoms with Crippen molar-refractivity contribution in [1.29, 1.82) is 0 Å². The summed E-state index contributed by atoms with van der Waals surface area (Å²) in [7, 11) is 0. The van der Waals surface area contributed by atoms with Gasteiger partial charge in [-0.1, -0.05) is 36.4 Å². The van der Waals surface area contributed by atoms with Gasteiger partial charge in [0.05, 0.1) is 5.69 Å². The van der Waals surface area contributed by atoms with Crippen LogP contribution in [-0.4, -0.2) is 33.3 Å². The van der Waals surface area contributed by atoms with Gasteiger partial charge in [0.15, 0.2) is 6.04 Å². The lowest BCUT2D eigenvalue weighted by Crippen LogP contribution is -2.45. The quantitative estimate of drug-likeness (QED) is 0.745. The zero-order valence-corrected chi connectivity index (χ0v) is 12.1. The first-order valence-electron chi connectivity index (χ1n) is 6.87. The van der Waals surface area contributed by atoms with Gasteiger partial charge in [-0.05, 0) is 17.7 Å². The monoisotopic (exact) mass is 316 g/mol. The van der Waals surface area contributed by atoms with E-state index < -0.39 is 24.2 Å². The maximum atomic E-state index is 11.7. The van der Waals surface area contributed by atoms with E-state index in [1.165, 1.54) is 12.3 Å². The van der Waals surface area contributed by atoms with Crippen LogP contribution in [0.1, 0.15) is 17.4 Å².